The number of hydrogen-bond acceptors (Lipinski definition) is 2. The monoisotopic (exact) mass is 299 g/mol. The number of alkyl halides is 2. The summed E-state index contributed by atoms with van der Waals surface area (Å²) in [6, 6.07) is 0. The van der Waals surface area contributed by atoms with Gasteiger partial charge in [-0.2, -0.15) is 0 Å². The number of carboxylic acids is 1. The molecule has 1 aromatic heterocycles. The predicted molar refractivity (Wildman–Crippen MR) is 53.2 cm³/mol. The fourth-order valence-corrected chi connectivity index (χ4v) is 1.62. The molecule has 0 bridgehead atoms. The predicted octanol–water partition coefficient (Wildman–Crippen LogP) is 3.06. The topological polar surface area (TPSA) is 50.2 Å². The van der Waals surface area contributed by atoms with Crippen molar-refractivity contribution in [3.63, 3.8) is 0 Å². The molecule has 0 unspecified atom stereocenters. The first-order valence-corrected chi connectivity index (χ1v) is 4.93. The zero-order chi connectivity index (χ0) is 11.6. The molecule has 1 aromatic rings. The summed E-state index contributed by atoms with van der Waals surface area (Å²) in [6.45, 7) is 0. The van der Waals surface area contributed by atoms with E-state index >= 15 is 0 Å². The lowest BCUT2D eigenvalue weighted by Crippen LogP contribution is -2.06. The molecule has 1 rings (SSSR count). The summed E-state index contributed by atoms with van der Waals surface area (Å²) in [4.78, 5) is 14.1. The molecule has 0 aliphatic heterocycles. The van der Waals surface area contributed by atoms with Crippen molar-refractivity contribution in [3.05, 3.63) is 26.9 Å². The number of carbonyl (C=O) groups is 1. The van der Waals surface area contributed by atoms with Gasteiger partial charge in [-0.15, -0.1) is 0 Å². The molecule has 1 heterocycles. The van der Waals surface area contributed by atoms with Crippen molar-refractivity contribution in [2.24, 2.45) is 0 Å². The van der Waals surface area contributed by atoms with E-state index in [-0.39, 0.29) is 15.2 Å². The van der Waals surface area contributed by atoms with Crippen molar-refractivity contribution < 1.29 is 18.7 Å². The van der Waals surface area contributed by atoms with Crippen LogP contribution in [0, 0.1) is 0 Å². The summed E-state index contributed by atoms with van der Waals surface area (Å²) in [5, 5.41) is 8.26. The standard InChI is InChI=1S/C8H5BrClF2NO2/c9-7-6(10)5(8(11)12)3(2-13-7)1-4(14)15/h2,8H,1H2,(H,14,15). The van der Waals surface area contributed by atoms with Gasteiger partial charge in [-0.1, -0.05) is 11.6 Å². The summed E-state index contributed by atoms with van der Waals surface area (Å²) in [7, 11) is 0. The SMILES string of the molecule is O=C(O)Cc1cnc(Br)c(Cl)c1C(F)F. The molecule has 0 atom stereocenters. The van der Waals surface area contributed by atoms with Gasteiger partial charge in [0.05, 0.1) is 11.4 Å². The number of pyridine rings is 1. The van der Waals surface area contributed by atoms with Crippen LogP contribution in [-0.4, -0.2) is 16.1 Å². The van der Waals surface area contributed by atoms with Crippen LogP contribution in [0.15, 0.2) is 10.8 Å². The highest BCUT2D eigenvalue weighted by Gasteiger charge is 2.21. The first kappa shape index (κ1) is 12.3. The van der Waals surface area contributed by atoms with Gasteiger partial charge >= 0.3 is 5.97 Å². The largest absolute Gasteiger partial charge is 0.481 e. The summed E-state index contributed by atoms with van der Waals surface area (Å²) in [6.07, 6.45) is -2.28. The lowest BCUT2D eigenvalue weighted by molar-refractivity contribution is -0.136. The van der Waals surface area contributed by atoms with Crippen LogP contribution in [0.25, 0.3) is 0 Å². The summed E-state index contributed by atoms with van der Waals surface area (Å²) in [5.41, 5.74) is -0.563. The van der Waals surface area contributed by atoms with Gasteiger partial charge in [-0.3, -0.25) is 4.79 Å². The molecule has 0 aromatic carbocycles. The van der Waals surface area contributed by atoms with Gasteiger partial charge in [0.15, 0.2) is 0 Å². The second-order valence-electron chi connectivity index (χ2n) is 2.67. The quantitative estimate of drug-likeness (QED) is 0.873. The Morgan fingerprint density at radius 1 is 1.67 bits per heavy atom. The minimum atomic E-state index is -2.83. The van der Waals surface area contributed by atoms with Crippen LogP contribution in [0.4, 0.5) is 8.78 Å². The highest BCUT2D eigenvalue weighted by Crippen LogP contribution is 2.34. The van der Waals surface area contributed by atoms with Crippen LogP contribution in [0.5, 0.6) is 0 Å². The molecule has 0 saturated carbocycles. The number of aliphatic carboxylic acids is 1. The van der Waals surface area contributed by atoms with Crippen LogP contribution >= 0.6 is 27.5 Å². The maximum absolute atomic E-state index is 12.6. The van der Waals surface area contributed by atoms with E-state index in [4.69, 9.17) is 16.7 Å². The highest BCUT2D eigenvalue weighted by atomic mass is 79.9. The lowest BCUT2D eigenvalue weighted by Gasteiger charge is -2.09. The minimum Gasteiger partial charge on any atom is -0.481 e. The Morgan fingerprint density at radius 2 is 2.27 bits per heavy atom. The number of halogens is 4. The molecule has 3 nitrogen and oxygen atoms in total. The maximum Gasteiger partial charge on any atom is 0.307 e. The van der Waals surface area contributed by atoms with Gasteiger partial charge in [-0.25, -0.2) is 13.8 Å². The van der Waals surface area contributed by atoms with Crippen molar-refractivity contribution in [2.75, 3.05) is 0 Å². The molecule has 82 valence electrons. The molecule has 0 aliphatic rings. The Bertz CT molecular complexity index is 400. The number of aromatic nitrogens is 1. The molecule has 0 amide bonds. The Labute approximate surface area is 97.2 Å². The van der Waals surface area contributed by atoms with E-state index < -0.39 is 24.4 Å². The van der Waals surface area contributed by atoms with Gasteiger partial charge in [-0.05, 0) is 21.5 Å². The van der Waals surface area contributed by atoms with Crippen LogP contribution in [0.2, 0.25) is 5.02 Å². The fraction of sp³-hybridized carbons (Fsp3) is 0.250. The minimum absolute atomic E-state index is 0.0774. The Hall–Kier alpha value is -0.750. The third-order valence-corrected chi connectivity index (χ3v) is 2.87. The van der Waals surface area contributed by atoms with Crippen LogP contribution in [-0.2, 0) is 11.2 Å². The fourth-order valence-electron chi connectivity index (χ4n) is 1.05. The van der Waals surface area contributed by atoms with Gasteiger partial charge in [0, 0.05) is 11.8 Å². The average molecular weight is 300 g/mol. The molecule has 0 radical (unpaired) electrons. The molecule has 15 heavy (non-hydrogen) atoms. The third kappa shape index (κ3) is 2.85. The van der Waals surface area contributed by atoms with E-state index in [0.717, 1.165) is 6.20 Å². The number of hydrogen-bond donors (Lipinski definition) is 1. The first-order chi connectivity index (χ1) is 6.93. The number of nitrogens with zero attached hydrogens (tertiary/aromatic N) is 1. The van der Waals surface area contributed by atoms with Gasteiger partial charge < -0.3 is 5.11 Å². The van der Waals surface area contributed by atoms with Crippen LogP contribution < -0.4 is 0 Å². The Balaban J connectivity index is 3.26. The molecule has 0 saturated heterocycles. The van der Waals surface area contributed by atoms with Crippen LogP contribution in [0.1, 0.15) is 17.6 Å². The molecule has 1 N–H and O–H groups in total. The zero-order valence-electron chi connectivity index (χ0n) is 7.18. The van der Waals surface area contributed by atoms with E-state index in [2.05, 4.69) is 20.9 Å². The summed E-state index contributed by atoms with van der Waals surface area (Å²) < 4.78 is 25.3. The summed E-state index contributed by atoms with van der Waals surface area (Å²) >= 11 is 8.49. The number of carboxylic acid groups (broad SMARTS) is 1. The third-order valence-electron chi connectivity index (χ3n) is 1.66. The van der Waals surface area contributed by atoms with Crippen molar-refractivity contribution in [3.8, 4) is 0 Å². The van der Waals surface area contributed by atoms with Crippen molar-refractivity contribution in [1.82, 2.24) is 4.98 Å². The van der Waals surface area contributed by atoms with E-state index in [1.165, 1.54) is 0 Å². The number of rotatable bonds is 3. The van der Waals surface area contributed by atoms with Gasteiger partial charge in [0.25, 0.3) is 6.43 Å². The normalized spacial score (nSPS) is 10.7. The zero-order valence-corrected chi connectivity index (χ0v) is 9.52. The lowest BCUT2D eigenvalue weighted by atomic mass is 10.1. The van der Waals surface area contributed by atoms with E-state index in [0.29, 0.717) is 0 Å². The smallest absolute Gasteiger partial charge is 0.307 e. The average Bonchev–Trinajstić information content (AvgIpc) is 2.10. The van der Waals surface area contributed by atoms with E-state index in [1.54, 1.807) is 0 Å². The van der Waals surface area contributed by atoms with Crippen molar-refractivity contribution in [1.29, 1.82) is 0 Å². The molecular weight excluding hydrogens is 295 g/mol. The Morgan fingerprint density at radius 3 is 2.73 bits per heavy atom. The molecular formula is C8H5BrClF2NO2. The molecule has 0 aliphatic carbocycles. The molecule has 0 spiro atoms. The van der Waals surface area contributed by atoms with Crippen molar-refractivity contribution >= 4 is 33.5 Å². The van der Waals surface area contributed by atoms with Gasteiger partial charge in [0.2, 0.25) is 0 Å². The summed E-state index contributed by atoms with van der Waals surface area (Å²) in [5.74, 6) is -1.21. The molecule has 7 heteroatoms. The van der Waals surface area contributed by atoms with Gasteiger partial charge in [0.1, 0.15) is 4.60 Å². The second-order valence-corrected chi connectivity index (χ2v) is 3.80. The highest BCUT2D eigenvalue weighted by molar-refractivity contribution is 9.10. The Kier molecular flexibility index (Phi) is 3.98. The molecule has 0 fully saturated rings. The maximum atomic E-state index is 12.6. The second kappa shape index (κ2) is 4.85. The van der Waals surface area contributed by atoms with E-state index in [1.807, 2.05) is 0 Å². The van der Waals surface area contributed by atoms with E-state index in [9.17, 15) is 13.6 Å². The van der Waals surface area contributed by atoms with Crippen LogP contribution in [0.3, 0.4) is 0 Å². The first-order valence-electron chi connectivity index (χ1n) is 3.76. The van der Waals surface area contributed by atoms with Crippen molar-refractivity contribution in [2.45, 2.75) is 12.8 Å².